The quantitative estimate of drug-likeness (QED) is 0.816. The number of nitrogens with zero attached hydrogens (tertiary/aromatic N) is 4. The van der Waals surface area contributed by atoms with Crippen LogP contribution in [0, 0.1) is 0 Å². The van der Waals surface area contributed by atoms with Crippen molar-refractivity contribution in [2.24, 2.45) is 0 Å². The number of aromatic nitrogens is 3. The fraction of sp³-hybridized carbons (Fsp3) is 0.471. The fourth-order valence-electron chi connectivity index (χ4n) is 2.67. The topological polar surface area (TPSA) is 60.4 Å². The summed E-state index contributed by atoms with van der Waals surface area (Å²) >= 11 is 0. The fourth-order valence-corrected chi connectivity index (χ4v) is 2.67. The van der Waals surface area contributed by atoms with E-state index in [-0.39, 0.29) is 6.10 Å². The second kappa shape index (κ2) is 7.87. The van der Waals surface area contributed by atoms with Crippen LogP contribution in [0.5, 0.6) is 5.88 Å². The molecule has 0 aromatic carbocycles. The number of ether oxygens (including phenoxy) is 2. The Morgan fingerprint density at radius 2 is 2.26 bits per heavy atom. The first-order valence-electron chi connectivity index (χ1n) is 8.06. The maximum atomic E-state index is 6.03. The Kier molecular flexibility index (Phi) is 5.37. The third-order valence-corrected chi connectivity index (χ3v) is 3.78. The SMILES string of the molecule is CCOc1ccnc(N2CCCC(OCc3cccnc3)C2)n1. The molecule has 1 unspecified atom stereocenters. The molecule has 0 saturated carbocycles. The summed E-state index contributed by atoms with van der Waals surface area (Å²) in [5.74, 6) is 1.33. The first-order valence-corrected chi connectivity index (χ1v) is 8.06. The Bertz CT molecular complexity index is 609. The van der Waals surface area contributed by atoms with Crippen molar-refractivity contribution in [3.63, 3.8) is 0 Å². The van der Waals surface area contributed by atoms with Crippen LogP contribution >= 0.6 is 0 Å². The van der Waals surface area contributed by atoms with Crippen molar-refractivity contribution >= 4 is 5.95 Å². The second-order valence-electron chi connectivity index (χ2n) is 5.51. The van der Waals surface area contributed by atoms with Gasteiger partial charge in [-0.2, -0.15) is 4.98 Å². The minimum atomic E-state index is 0.184. The third-order valence-electron chi connectivity index (χ3n) is 3.78. The van der Waals surface area contributed by atoms with Gasteiger partial charge in [-0.25, -0.2) is 4.98 Å². The number of hydrogen-bond donors (Lipinski definition) is 0. The van der Waals surface area contributed by atoms with E-state index in [1.807, 2.05) is 25.3 Å². The molecule has 2 aromatic rings. The molecular formula is C17H22N4O2. The van der Waals surface area contributed by atoms with Gasteiger partial charge in [0.25, 0.3) is 0 Å². The Morgan fingerprint density at radius 3 is 3.09 bits per heavy atom. The van der Waals surface area contributed by atoms with E-state index in [4.69, 9.17) is 9.47 Å². The third kappa shape index (κ3) is 4.39. The zero-order valence-corrected chi connectivity index (χ0v) is 13.4. The molecule has 1 fully saturated rings. The molecule has 0 N–H and O–H groups in total. The van der Waals surface area contributed by atoms with Crippen LogP contribution in [0.3, 0.4) is 0 Å². The van der Waals surface area contributed by atoms with E-state index in [0.29, 0.717) is 25.0 Å². The van der Waals surface area contributed by atoms with Crippen LogP contribution in [0.15, 0.2) is 36.8 Å². The highest BCUT2D eigenvalue weighted by Gasteiger charge is 2.22. The lowest BCUT2D eigenvalue weighted by Gasteiger charge is -2.32. The standard InChI is InChI=1S/C17H22N4O2/c1-2-22-16-7-9-19-17(20-16)21-10-4-6-15(12-21)23-13-14-5-3-8-18-11-14/h3,5,7-9,11,15H,2,4,6,10,12-13H2,1H3. The normalized spacial score (nSPS) is 18.0. The van der Waals surface area contributed by atoms with Gasteiger partial charge in [0.2, 0.25) is 11.8 Å². The lowest BCUT2D eigenvalue weighted by molar-refractivity contribution is 0.0311. The van der Waals surface area contributed by atoms with Crippen molar-refractivity contribution in [3.05, 3.63) is 42.4 Å². The van der Waals surface area contributed by atoms with E-state index in [2.05, 4.69) is 19.9 Å². The lowest BCUT2D eigenvalue weighted by Crippen LogP contribution is -2.40. The average Bonchev–Trinajstić information content (AvgIpc) is 2.62. The Balaban J connectivity index is 1.58. The summed E-state index contributed by atoms with van der Waals surface area (Å²) in [5.41, 5.74) is 1.10. The number of hydrogen-bond acceptors (Lipinski definition) is 6. The molecule has 23 heavy (non-hydrogen) atoms. The summed E-state index contributed by atoms with van der Waals surface area (Å²) < 4.78 is 11.5. The van der Waals surface area contributed by atoms with Gasteiger partial charge < -0.3 is 14.4 Å². The molecule has 6 heteroatoms. The Hall–Kier alpha value is -2.21. The molecule has 1 aliphatic heterocycles. The van der Waals surface area contributed by atoms with E-state index in [9.17, 15) is 0 Å². The molecule has 1 aliphatic rings. The molecule has 0 spiro atoms. The van der Waals surface area contributed by atoms with Crippen molar-refractivity contribution in [2.75, 3.05) is 24.6 Å². The van der Waals surface area contributed by atoms with E-state index < -0.39 is 0 Å². The smallest absolute Gasteiger partial charge is 0.228 e. The first kappa shape index (κ1) is 15.7. The number of rotatable bonds is 6. The molecule has 0 aliphatic carbocycles. The monoisotopic (exact) mass is 314 g/mol. The molecule has 3 rings (SSSR count). The van der Waals surface area contributed by atoms with Crippen LogP contribution in [0.2, 0.25) is 0 Å². The summed E-state index contributed by atoms with van der Waals surface area (Å²) in [6.07, 6.45) is 7.67. The summed E-state index contributed by atoms with van der Waals surface area (Å²) in [4.78, 5) is 15.1. The van der Waals surface area contributed by atoms with E-state index in [1.165, 1.54) is 0 Å². The largest absolute Gasteiger partial charge is 0.478 e. The maximum Gasteiger partial charge on any atom is 0.228 e. The van der Waals surface area contributed by atoms with Gasteiger partial charge in [0.1, 0.15) is 0 Å². The zero-order chi connectivity index (χ0) is 15.9. The van der Waals surface area contributed by atoms with E-state index in [0.717, 1.165) is 31.5 Å². The van der Waals surface area contributed by atoms with Gasteiger partial charge in [0.15, 0.2) is 0 Å². The number of anilines is 1. The highest BCUT2D eigenvalue weighted by molar-refractivity contribution is 5.32. The van der Waals surface area contributed by atoms with Crippen molar-refractivity contribution < 1.29 is 9.47 Å². The Labute approximate surface area is 136 Å². The van der Waals surface area contributed by atoms with Crippen molar-refractivity contribution in [3.8, 4) is 5.88 Å². The molecule has 1 saturated heterocycles. The van der Waals surface area contributed by atoms with Gasteiger partial charge >= 0.3 is 0 Å². The number of piperidine rings is 1. The predicted octanol–water partition coefficient (Wildman–Crippen LogP) is 2.46. The number of pyridine rings is 1. The summed E-state index contributed by atoms with van der Waals surface area (Å²) in [6, 6.07) is 5.74. The van der Waals surface area contributed by atoms with Crippen LogP contribution in [-0.4, -0.2) is 40.8 Å². The van der Waals surface area contributed by atoms with Gasteiger partial charge in [-0.15, -0.1) is 0 Å². The Morgan fingerprint density at radius 1 is 1.30 bits per heavy atom. The van der Waals surface area contributed by atoms with Gasteiger partial charge in [-0.3, -0.25) is 4.98 Å². The molecule has 0 amide bonds. The summed E-state index contributed by atoms with van der Waals surface area (Å²) in [6.45, 7) is 4.89. The molecule has 1 atom stereocenters. The van der Waals surface area contributed by atoms with Crippen LogP contribution in [0.4, 0.5) is 5.95 Å². The van der Waals surface area contributed by atoms with E-state index >= 15 is 0 Å². The zero-order valence-electron chi connectivity index (χ0n) is 13.4. The van der Waals surface area contributed by atoms with Crippen LogP contribution in [0.25, 0.3) is 0 Å². The van der Waals surface area contributed by atoms with Crippen molar-refractivity contribution in [2.45, 2.75) is 32.5 Å². The van der Waals surface area contributed by atoms with Crippen LogP contribution < -0.4 is 9.64 Å². The van der Waals surface area contributed by atoms with Crippen LogP contribution in [-0.2, 0) is 11.3 Å². The van der Waals surface area contributed by atoms with Gasteiger partial charge in [-0.05, 0) is 31.4 Å². The molecule has 122 valence electrons. The molecule has 0 radical (unpaired) electrons. The lowest BCUT2D eigenvalue weighted by atomic mass is 10.1. The molecule has 0 bridgehead atoms. The molecular weight excluding hydrogens is 292 g/mol. The minimum Gasteiger partial charge on any atom is -0.478 e. The molecule has 3 heterocycles. The van der Waals surface area contributed by atoms with Crippen LogP contribution in [0.1, 0.15) is 25.3 Å². The highest BCUT2D eigenvalue weighted by atomic mass is 16.5. The molecule has 6 nitrogen and oxygen atoms in total. The van der Waals surface area contributed by atoms with Gasteiger partial charge in [0.05, 0.1) is 19.3 Å². The first-order chi connectivity index (χ1) is 11.3. The molecule has 2 aromatic heterocycles. The summed E-state index contributed by atoms with van der Waals surface area (Å²) in [7, 11) is 0. The minimum absolute atomic E-state index is 0.184. The van der Waals surface area contributed by atoms with Gasteiger partial charge in [-0.1, -0.05) is 6.07 Å². The highest BCUT2D eigenvalue weighted by Crippen LogP contribution is 2.20. The van der Waals surface area contributed by atoms with Crippen molar-refractivity contribution in [1.82, 2.24) is 15.0 Å². The average molecular weight is 314 g/mol. The predicted molar refractivity (Wildman–Crippen MR) is 87.5 cm³/mol. The maximum absolute atomic E-state index is 6.03. The second-order valence-corrected chi connectivity index (χ2v) is 5.51. The van der Waals surface area contributed by atoms with Gasteiger partial charge in [0, 0.05) is 37.7 Å². The summed E-state index contributed by atoms with van der Waals surface area (Å²) in [5, 5.41) is 0. The van der Waals surface area contributed by atoms with Crippen molar-refractivity contribution in [1.29, 1.82) is 0 Å². The van der Waals surface area contributed by atoms with E-state index in [1.54, 1.807) is 18.5 Å².